The smallest absolute Gasteiger partial charge is 0.141 e. The molecule has 0 amide bonds. The molecule has 96 valence electrons. The summed E-state index contributed by atoms with van der Waals surface area (Å²) in [4.78, 5) is 4.17. The third-order valence-corrected chi connectivity index (χ3v) is 3.10. The van der Waals surface area contributed by atoms with Gasteiger partial charge in [-0.25, -0.2) is 4.39 Å². The van der Waals surface area contributed by atoms with Crippen LogP contribution in [0.25, 0.3) is 0 Å². The molecule has 0 aliphatic carbocycles. The third kappa shape index (κ3) is 4.08. The van der Waals surface area contributed by atoms with Crippen molar-refractivity contribution in [2.24, 2.45) is 5.92 Å². The van der Waals surface area contributed by atoms with Crippen LogP contribution >= 0.6 is 0 Å². The SMILES string of the molecule is CCCNC(C(C)C)C(C)c1ccc(F)cn1. The van der Waals surface area contributed by atoms with E-state index in [0.717, 1.165) is 18.7 Å². The van der Waals surface area contributed by atoms with Crippen LogP contribution in [-0.2, 0) is 0 Å². The maximum Gasteiger partial charge on any atom is 0.141 e. The minimum atomic E-state index is -0.274. The molecule has 1 rings (SSSR count). The molecule has 1 N–H and O–H groups in total. The van der Waals surface area contributed by atoms with Crippen molar-refractivity contribution < 1.29 is 4.39 Å². The molecule has 0 saturated heterocycles. The fourth-order valence-electron chi connectivity index (χ4n) is 2.14. The van der Waals surface area contributed by atoms with Gasteiger partial charge in [0.1, 0.15) is 5.82 Å². The predicted octanol–water partition coefficient (Wildman–Crippen LogP) is 3.35. The van der Waals surface area contributed by atoms with E-state index in [0.29, 0.717) is 17.9 Å². The van der Waals surface area contributed by atoms with Crippen molar-refractivity contribution in [1.29, 1.82) is 0 Å². The van der Waals surface area contributed by atoms with Crippen LogP contribution in [0.2, 0.25) is 0 Å². The van der Waals surface area contributed by atoms with Gasteiger partial charge in [-0.3, -0.25) is 4.98 Å². The molecule has 1 heterocycles. The zero-order chi connectivity index (χ0) is 12.8. The summed E-state index contributed by atoms with van der Waals surface area (Å²) in [5.41, 5.74) is 0.953. The van der Waals surface area contributed by atoms with E-state index in [1.54, 1.807) is 6.07 Å². The highest BCUT2D eigenvalue weighted by Crippen LogP contribution is 2.22. The van der Waals surface area contributed by atoms with Gasteiger partial charge in [0, 0.05) is 17.7 Å². The van der Waals surface area contributed by atoms with Gasteiger partial charge in [-0.1, -0.05) is 27.7 Å². The molecule has 0 aliphatic heterocycles. The van der Waals surface area contributed by atoms with Crippen LogP contribution in [0.1, 0.15) is 45.7 Å². The Hall–Kier alpha value is -0.960. The van der Waals surface area contributed by atoms with E-state index in [9.17, 15) is 4.39 Å². The van der Waals surface area contributed by atoms with E-state index >= 15 is 0 Å². The maximum absolute atomic E-state index is 12.8. The van der Waals surface area contributed by atoms with Crippen LogP contribution < -0.4 is 5.32 Å². The molecule has 0 radical (unpaired) electrons. The molecule has 3 heteroatoms. The highest BCUT2D eigenvalue weighted by molar-refractivity contribution is 5.12. The third-order valence-electron chi connectivity index (χ3n) is 3.10. The van der Waals surface area contributed by atoms with Crippen LogP contribution in [0.4, 0.5) is 4.39 Å². The van der Waals surface area contributed by atoms with E-state index in [1.165, 1.54) is 12.3 Å². The van der Waals surface area contributed by atoms with Crippen LogP contribution in [0.5, 0.6) is 0 Å². The molecule has 0 aliphatic rings. The number of hydrogen-bond acceptors (Lipinski definition) is 2. The van der Waals surface area contributed by atoms with Crippen LogP contribution in [-0.4, -0.2) is 17.6 Å². The number of aromatic nitrogens is 1. The van der Waals surface area contributed by atoms with E-state index in [-0.39, 0.29) is 5.82 Å². The summed E-state index contributed by atoms with van der Waals surface area (Å²) in [5, 5.41) is 3.55. The molecule has 2 unspecified atom stereocenters. The first-order chi connectivity index (χ1) is 8.06. The van der Waals surface area contributed by atoms with Gasteiger partial charge in [-0.2, -0.15) is 0 Å². The van der Waals surface area contributed by atoms with Crippen molar-refractivity contribution in [2.45, 2.75) is 46.1 Å². The van der Waals surface area contributed by atoms with Crippen molar-refractivity contribution in [1.82, 2.24) is 10.3 Å². The minimum Gasteiger partial charge on any atom is -0.313 e. The molecular formula is C14H23FN2. The van der Waals surface area contributed by atoms with Crippen molar-refractivity contribution in [3.8, 4) is 0 Å². The highest BCUT2D eigenvalue weighted by atomic mass is 19.1. The number of nitrogens with one attached hydrogen (secondary N) is 1. The van der Waals surface area contributed by atoms with E-state index in [4.69, 9.17) is 0 Å². The summed E-state index contributed by atoms with van der Waals surface area (Å²) < 4.78 is 12.8. The van der Waals surface area contributed by atoms with Crippen molar-refractivity contribution >= 4 is 0 Å². The van der Waals surface area contributed by atoms with Crippen LogP contribution in [0.15, 0.2) is 18.3 Å². The summed E-state index contributed by atoms with van der Waals surface area (Å²) in [5.74, 6) is 0.550. The maximum atomic E-state index is 12.8. The minimum absolute atomic E-state index is 0.274. The second-order valence-corrected chi connectivity index (χ2v) is 4.91. The Balaban J connectivity index is 2.76. The van der Waals surface area contributed by atoms with Crippen LogP contribution in [0.3, 0.4) is 0 Å². The van der Waals surface area contributed by atoms with Gasteiger partial charge in [0.05, 0.1) is 6.20 Å². The molecule has 1 aromatic rings. The molecule has 0 bridgehead atoms. The largest absolute Gasteiger partial charge is 0.313 e. The molecule has 17 heavy (non-hydrogen) atoms. The monoisotopic (exact) mass is 238 g/mol. The van der Waals surface area contributed by atoms with E-state index in [2.05, 4.69) is 38.0 Å². The first kappa shape index (κ1) is 14.1. The number of rotatable bonds is 6. The standard InChI is InChI=1S/C14H23FN2/c1-5-8-16-14(10(2)3)11(4)13-7-6-12(15)9-17-13/h6-7,9-11,14,16H,5,8H2,1-4H3. The molecule has 2 atom stereocenters. The van der Waals surface area contributed by atoms with Gasteiger partial charge >= 0.3 is 0 Å². The number of pyridine rings is 1. The average molecular weight is 238 g/mol. The fraction of sp³-hybridized carbons (Fsp3) is 0.643. The molecule has 0 spiro atoms. The zero-order valence-electron chi connectivity index (χ0n) is 11.2. The molecular weight excluding hydrogens is 215 g/mol. The van der Waals surface area contributed by atoms with Gasteiger partial charge < -0.3 is 5.32 Å². The Morgan fingerprint density at radius 2 is 2.00 bits per heavy atom. The molecule has 2 nitrogen and oxygen atoms in total. The Bertz CT molecular complexity index is 321. The second kappa shape index (κ2) is 6.70. The zero-order valence-corrected chi connectivity index (χ0v) is 11.2. The summed E-state index contributed by atoms with van der Waals surface area (Å²) in [6.45, 7) is 9.72. The Morgan fingerprint density at radius 3 is 2.47 bits per heavy atom. The topological polar surface area (TPSA) is 24.9 Å². The van der Waals surface area contributed by atoms with Gasteiger partial charge in [-0.05, 0) is 31.0 Å². The highest BCUT2D eigenvalue weighted by Gasteiger charge is 2.22. The van der Waals surface area contributed by atoms with Crippen molar-refractivity contribution in [3.63, 3.8) is 0 Å². The molecule has 0 saturated carbocycles. The average Bonchev–Trinajstić information content (AvgIpc) is 2.29. The molecule has 0 fully saturated rings. The van der Waals surface area contributed by atoms with Crippen molar-refractivity contribution in [3.05, 3.63) is 29.8 Å². The lowest BCUT2D eigenvalue weighted by atomic mass is 9.89. The summed E-state index contributed by atoms with van der Waals surface area (Å²) in [6.07, 6.45) is 2.41. The Labute approximate surface area is 104 Å². The second-order valence-electron chi connectivity index (χ2n) is 4.91. The Kier molecular flexibility index (Phi) is 5.56. The number of nitrogens with zero attached hydrogens (tertiary/aromatic N) is 1. The predicted molar refractivity (Wildman–Crippen MR) is 69.5 cm³/mol. The normalized spacial score (nSPS) is 14.9. The van der Waals surface area contributed by atoms with E-state index in [1.807, 2.05) is 0 Å². The van der Waals surface area contributed by atoms with Gasteiger partial charge in [0.2, 0.25) is 0 Å². The molecule has 1 aromatic heterocycles. The van der Waals surface area contributed by atoms with Gasteiger partial charge in [0.25, 0.3) is 0 Å². The number of halogens is 1. The first-order valence-electron chi connectivity index (χ1n) is 6.41. The van der Waals surface area contributed by atoms with Crippen LogP contribution in [0, 0.1) is 11.7 Å². The lowest BCUT2D eigenvalue weighted by molar-refractivity contribution is 0.350. The molecule has 0 aromatic carbocycles. The summed E-state index contributed by atoms with van der Waals surface area (Å²) >= 11 is 0. The Morgan fingerprint density at radius 1 is 1.29 bits per heavy atom. The van der Waals surface area contributed by atoms with Gasteiger partial charge in [-0.15, -0.1) is 0 Å². The first-order valence-corrected chi connectivity index (χ1v) is 6.41. The lowest BCUT2D eigenvalue weighted by Gasteiger charge is -2.28. The lowest BCUT2D eigenvalue weighted by Crippen LogP contribution is -2.38. The fourth-order valence-corrected chi connectivity index (χ4v) is 2.14. The summed E-state index contributed by atoms with van der Waals surface area (Å²) in [6, 6.07) is 3.65. The van der Waals surface area contributed by atoms with E-state index < -0.39 is 0 Å². The van der Waals surface area contributed by atoms with Gasteiger partial charge in [0.15, 0.2) is 0 Å². The van der Waals surface area contributed by atoms with Crippen molar-refractivity contribution in [2.75, 3.05) is 6.54 Å². The number of hydrogen-bond donors (Lipinski definition) is 1. The summed E-state index contributed by atoms with van der Waals surface area (Å²) in [7, 11) is 0. The quantitative estimate of drug-likeness (QED) is 0.822.